The molecule has 1 aliphatic carbocycles. The molecule has 0 radical (unpaired) electrons. The van der Waals surface area contributed by atoms with E-state index in [9.17, 15) is 4.79 Å². The van der Waals surface area contributed by atoms with E-state index in [0.717, 1.165) is 12.0 Å². The van der Waals surface area contributed by atoms with E-state index in [1.807, 2.05) is 31.2 Å². The summed E-state index contributed by atoms with van der Waals surface area (Å²) in [6.45, 7) is 6.53. The van der Waals surface area contributed by atoms with Crippen LogP contribution in [-0.4, -0.2) is 27.9 Å². The molecule has 0 spiro atoms. The molecule has 5 nitrogen and oxygen atoms in total. The van der Waals surface area contributed by atoms with Crippen molar-refractivity contribution >= 4 is 17.7 Å². The Balaban J connectivity index is 1.52. The first kappa shape index (κ1) is 18.0. The SMILES string of the molecule is Cc1ccc(-c2nnc(SCC(=O)N[C@@H]3CCC[C@H](C)[C@@H]3C)o2)cc1. The maximum Gasteiger partial charge on any atom is 0.277 e. The quantitative estimate of drug-likeness (QED) is 0.815. The molecule has 25 heavy (non-hydrogen) atoms. The molecule has 0 aliphatic heterocycles. The van der Waals surface area contributed by atoms with Gasteiger partial charge in [-0.15, -0.1) is 10.2 Å². The van der Waals surface area contributed by atoms with E-state index < -0.39 is 0 Å². The van der Waals surface area contributed by atoms with E-state index in [2.05, 4.69) is 29.4 Å². The molecule has 1 heterocycles. The van der Waals surface area contributed by atoms with Crippen LogP contribution in [0.15, 0.2) is 33.9 Å². The summed E-state index contributed by atoms with van der Waals surface area (Å²) in [5.74, 6) is 2.01. The molecule has 0 saturated heterocycles. The van der Waals surface area contributed by atoms with Crippen LogP contribution >= 0.6 is 11.8 Å². The fraction of sp³-hybridized carbons (Fsp3) is 0.526. The predicted octanol–water partition coefficient (Wildman–Crippen LogP) is 4.08. The molecule has 3 rings (SSSR count). The highest BCUT2D eigenvalue weighted by atomic mass is 32.2. The average Bonchev–Trinajstić information content (AvgIpc) is 3.07. The maximum atomic E-state index is 12.2. The maximum absolute atomic E-state index is 12.2. The lowest BCUT2D eigenvalue weighted by Gasteiger charge is -2.34. The predicted molar refractivity (Wildman–Crippen MR) is 99.3 cm³/mol. The van der Waals surface area contributed by atoms with Gasteiger partial charge in [-0.3, -0.25) is 4.79 Å². The minimum absolute atomic E-state index is 0.0334. The van der Waals surface area contributed by atoms with Crippen LogP contribution in [0.25, 0.3) is 11.5 Å². The molecule has 1 fully saturated rings. The van der Waals surface area contributed by atoms with Crippen LogP contribution < -0.4 is 5.32 Å². The Bertz CT molecular complexity index is 714. The third-order valence-electron chi connectivity index (χ3n) is 5.08. The minimum Gasteiger partial charge on any atom is -0.411 e. The van der Waals surface area contributed by atoms with Crippen molar-refractivity contribution < 1.29 is 9.21 Å². The zero-order valence-electron chi connectivity index (χ0n) is 15.0. The van der Waals surface area contributed by atoms with E-state index in [1.54, 1.807) is 0 Å². The van der Waals surface area contributed by atoms with Crippen molar-refractivity contribution in [3.63, 3.8) is 0 Å². The summed E-state index contributed by atoms with van der Waals surface area (Å²) in [5.41, 5.74) is 2.07. The highest BCUT2D eigenvalue weighted by Gasteiger charge is 2.28. The lowest BCUT2D eigenvalue weighted by Crippen LogP contribution is -2.44. The molecule has 1 aromatic carbocycles. The molecule has 2 aromatic rings. The van der Waals surface area contributed by atoms with Crippen LogP contribution in [0.5, 0.6) is 0 Å². The summed E-state index contributed by atoms with van der Waals surface area (Å²) >= 11 is 1.29. The summed E-state index contributed by atoms with van der Waals surface area (Å²) in [6.07, 6.45) is 3.51. The third kappa shape index (κ3) is 4.63. The molecule has 3 atom stereocenters. The molecule has 0 bridgehead atoms. The molecule has 1 N–H and O–H groups in total. The van der Waals surface area contributed by atoms with Crippen molar-refractivity contribution in [2.45, 2.75) is 51.3 Å². The standard InChI is InChI=1S/C19H25N3O2S/c1-12-7-9-15(10-8-12)18-21-22-19(24-18)25-11-17(23)20-16-6-4-5-13(2)14(16)3/h7-10,13-14,16H,4-6,11H2,1-3H3,(H,20,23)/t13-,14-,16+/m0/s1. The third-order valence-corrected chi connectivity index (χ3v) is 5.90. The molecule has 1 aliphatic rings. The summed E-state index contributed by atoms with van der Waals surface area (Å²) in [6, 6.07) is 8.20. The van der Waals surface area contributed by atoms with Gasteiger partial charge in [0.15, 0.2) is 0 Å². The number of rotatable bonds is 5. The fourth-order valence-corrected chi connectivity index (χ4v) is 3.82. The Kier molecular flexibility index (Phi) is 5.78. The number of benzene rings is 1. The van der Waals surface area contributed by atoms with E-state index in [0.29, 0.717) is 28.7 Å². The molecular formula is C19H25N3O2S. The van der Waals surface area contributed by atoms with Gasteiger partial charge in [0, 0.05) is 11.6 Å². The Hall–Kier alpha value is -1.82. The number of hydrogen-bond donors (Lipinski definition) is 1. The number of carbonyl (C=O) groups excluding carboxylic acids is 1. The van der Waals surface area contributed by atoms with Gasteiger partial charge in [-0.05, 0) is 37.3 Å². The number of hydrogen-bond acceptors (Lipinski definition) is 5. The van der Waals surface area contributed by atoms with Crippen molar-refractivity contribution in [2.24, 2.45) is 11.8 Å². The fourth-order valence-electron chi connectivity index (χ4n) is 3.24. The summed E-state index contributed by atoms with van der Waals surface area (Å²) < 4.78 is 5.65. The number of nitrogens with one attached hydrogen (secondary N) is 1. The van der Waals surface area contributed by atoms with Crippen LogP contribution in [0.3, 0.4) is 0 Å². The first-order valence-electron chi connectivity index (χ1n) is 8.85. The molecule has 6 heteroatoms. The van der Waals surface area contributed by atoms with E-state index >= 15 is 0 Å². The Labute approximate surface area is 153 Å². The lowest BCUT2D eigenvalue weighted by atomic mass is 9.78. The van der Waals surface area contributed by atoms with Crippen molar-refractivity contribution in [3.05, 3.63) is 29.8 Å². The number of nitrogens with zero attached hydrogens (tertiary/aromatic N) is 2. The number of thioether (sulfide) groups is 1. The van der Waals surface area contributed by atoms with Gasteiger partial charge in [-0.2, -0.15) is 0 Å². The number of amides is 1. The van der Waals surface area contributed by atoms with Crippen molar-refractivity contribution in [2.75, 3.05) is 5.75 Å². The number of carbonyl (C=O) groups is 1. The van der Waals surface area contributed by atoms with Gasteiger partial charge < -0.3 is 9.73 Å². The van der Waals surface area contributed by atoms with Crippen LogP contribution in [0.4, 0.5) is 0 Å². The lowest BCUT2D eigenvalue weighted by molar-refractivity contribution is -0.120. The van der Waals surface area contributed by atoms with Crippen LogP contribution in [-0.2, 0) is 4.79 Å². The zero-order valence-corrected chi connectivity index (χ0v) is 15.8. The zero-order chi connectivity index (χ0) is 17.8. The van der Waals surface area contributed by atoms with Crippen LogP contribution in [0.1, 0.15) is 38.7 Å². The van der Waals surface area contributed by atoms with Gasteiger partial charge in [0.2, 0.25) is 11.8 Å². The topological polar surface area (TPSA) is 68.0 Å². The molecule has 1 amide bonds. The largest absolute Gasteiger partial charge is 0.411 e. The Morgan fingerprint density at radius 1 is 1.24 bits per heavy atom. The Morgan fingerprint density at radius 2 is 2.00 bits per heavy atom. The normalized spacial score (nSPS) is 23.4. The minimum atomic E-state index is 0.0334. The highest BCUT2D eigenvalue weighted by Crippen LogP contribution is 2.29. The second-order valence-electron chi connectivity index (χ2n) is 6.97. The van der Waals surface area contributed by atoms with E-state index in [1.165, 1.54) is 30.2 Å². The van der Waals surface area contributed by atoms with Gasteiger partial charge in [-0.25, -0.2) is 0 Å². The van der Waals surface area contributed by atoms with Gasteiger partial charge in [-0.1, -0.05) is 56.1 Å². The van der Waals surface area contributed by atoms with Crippen molar-refractivity contribution in [1.29, 1.82) is 0 Å². The molecule has 134 valence electrons. The monoisotopic (exact) mass is 359 g/mol. The Morgan fingerprint density at radius 3 is 2.76 bits per heavy atom. The van der Waals surface area contributed by atoms with E-state index in [-0.39, 0.29) is 11.9 Å². The molecular weight excluding hydrogens is 334 g/mol. The smallest absolute Gasteiger partial charge is 0.277 e. The van der Waals surface area contributed by atoms with Gasteiger partial charge in [0.1, 0.15) is 0 Å². The van der Waals surface area contributed by atoms with Gasteiger partial charge in [0.05, 0.1) is 5.75 Å². The number of aryl methyl sites for hydroxylation is 1. The first-order valence-corrected chi connectivity index (χ1v) is 9.84. The van der Waals surface area contributed by atoms with Crippen molar-refractivity contribution in [1.82, 2.24) is 15.5 Å². The second kappa shape index (κ2) is 8.04. The molecule has 0 unspecified atom stereocenters. The number of aromatic nitrogens is 2. The van der Waals surface area contributed by atoms with Gasteiger partial charge in [0.25, 0.3) is 5.22 Å². The van der Waals surface area contributed by atoms with E-state index in [4.69, 9.17) is 4.42 Å². The first-order chi connectivity index (χ1) is 12.0. The molecule has 1 saturated carbocycles. The van der Waals surface area contributed by atoms with Crippen molar-refractivity contribution in [3.8, 4) is 11.5 Å². The van der Waals surface area contributed by atoms with Gasteiger partial charge >= 0.3 is 0 Å². The summed E-state index contributed by atoms with van der Waals surface area (Å²) in [7, 11) is 0. The average molecular weight is 359 g/mol. The second-order valence-corrected chi connectivity index (χ2v) is 7.90. The van der Waals surface area contributed by atoms with Crippen LogP contribution in [0.2, 0.25) is 0 Å². The summed E-state index contributed by atoms with van der Waals surface area (Å²) in [4.78, 5) is 12.2. The highest BCUT2D eigenvalue weighted by molar-refractivity contribution is 7.99. The van der Waals surface area contributed by atoms with Crippen LogP contribution in [0, 0.1) is 18.8 Å². The summed E-state index contributed by atoms with van der Waals surface area (Å²) in [5, 5.41) is 11.7. The molecule has 1 aromatic heterocycles.